The van der Waals surface area contributed by atoms with E-state index >= 15 is 0 Å². The summed E-state index contributed by atoms with van der Waals surface area (Å²) in [5, 5.41) is 5.79. The van der Waals surface area contributed by atoms with E-state index in [2.05, 4.69) is 20.6 Å². The first-order valence-corrected chi connectivity index (χ1v) is 16.9. The lowest BCUT2D eigenvalue weighted by molar-refractivity contribution is -0.139. The van der Waals surface area contributed by atoms with Crippen molar-refractivity contribution in [2.24, 2.45) is 0 Å². The minimum atomic E-state index is -4.85. The Morgan fingerprint density at radius 2 is 1.85 bits per heavy atom. The van der Waals surface area contributed by atoms with Crippen LogP contribution < -0.4 is 20.1 Å². The second-order valence-electron chi connectivity index (χ2n) is 12.0. The molecule has 1 saturated heterocycles. The summed E-state index contributed by atoms with van der Waals surface area (Å²) in [6, 6.07) is 9.22. The van der Waals surface area contributed by atoms with Gasteiger partial charge in [0.15, 0.2) is 9.84 Å². The minimum Gasteiger partial charge on any atom is -0.495 e. The maximum atomic E-state index is 14.0. The van der Waals surface area contributed by atoms with Crippen molar-refractivity contribution in [2.75, 3.05) is 44.7 Å². The number of rotatable bonds is 9. The molecule has 2 fully saturated rings. The lowest BCUT2D eigenvalue weighted by atomic mass is 10.0. The number of likely N-dealkylation sites (tertiary alicyclic amines) is 1. The quantitative estimate of drug-likeness (QED) is 0.337. The SMILES string of the molecule is COc1cc(C(=O)NC2CCN(CS(C)(=O)=O)CC2)ccc1Nc1ncc(C(F)(F)F)c(Oc2cccc3c2C(=O)N(C)C32CC2)n1. The number of nitrogens with one attached hydrogen (secondary N) is 2. The molecule has 2 N–H and O–H groups in total. The topological polar surface area (TPSA) is 143 Å². The molecule has 0 bridgehead atoms. The van der Waals surface area contributed by atoms with Gasteiger partial charge in [0.1, 0.15) is 22.9 Å². The molecule has 2 aliphatic heterocycles. The monoisotopic (exact) mass is 674 g/mol. The summed E-state index contributed by atoms with van der Waals surface area (Å²) in [4.78, 5) is 37.4. The highest BCUT2D eigenvalue weighted by Gasteiger charge is 2.57. The van der Waals surface area contributed by atoms with Crippen LogP contribution in [-0.2, 0) is 21.6 Å². The van der Waals surface area contributed by atoms with E-state index in [0.29, 0.717) is 32.1 Å². The zero-order valence-electron chi connectivity index (χ0n) is 25.8. The van der Waals surface area contributed by atoms with Gasteiger partial charge in [0.25, 0.3) is 11.8 Å². The van der Waals surface area contributed by atoms with E-state index in [4.69, 9.17) is 9.47 Å². The van der Waals surface area contributed by atoms with Gasteiger partial charge in [0.2, 0.25) is 11.8 Å². The largest absolute Gasteiger partial charge is 0.495 e. The predicted molar refractivity (Wildman–Crippen MR) is 165 cm³/mol. The Kier molecular flexibility index (Phi) is 8.28. The maximum absolute atomic E-state index is 14.0. The fourth-order valence-electron chi connectivity index (χ4n) is 6.16. The number of hydrogen-bond acceptors (Lipinski definition) is 10. The molecule has 1 saturated carbocycles. The number of fused-ring (bicyclic) bond motifs is 2. The number of carbonyl (C=O) groups excluding carboxylic acids is 2. The number of halogens is 3. The van der Waals surface area contributed by atoms with Crippen molar-refractivity contribution >= 4 is 33.3 Å². The molecular weight excluding hydrogens is 641 g/mol. The van der Waals surface area contributed by atoms with Crippen LogP contribution in [0.15, 0.2) is 42.6 Å². The Morgan fingerprint density at radius 3 is 2.49 bits per heavy atom. The third-order valence-corrected chi connectivity index (χ3v) is 9.56. The van der Waals surface area contributed by atoms with Crippen molar-refractivity contribution in [3.63, 3.8) is 0 Å². The maximum Gasteiger partial charge on any atom is 0.423 e. The summed E-state index contributed by atoms with van der Waals surface area (Å²) in [7, 11) is -0.0937. The number of anilines is 2. The van der Waals surface area contributed by atoms with Crippen LogP contribution in [0.3, 0.4) is 0 Å². The Morgan fingerprint density at radius 1 is 1.13 bits per heavy atom. The zero-order valence-corrected chi connectivity index (χ0v) is 26.7. The number of nitrogens with zero attached hydrogens (tertiary/aromatic N) is 4. The number of piperidine rings is 1. The molecule has 2 aromatic carbocycles. The van der Waals surface area contributed by atoms with Crippen molar-refractivity contribution < 1.29 is 40.7 Å². The molecule has 250 valence electrons. The fraction of sp³-hybridized carbons (Fsp3) is 0.419. The first kappa shape index (κ1) is 32.5. The van der Waals surface area contributed by atoms with Gasteiger partial charge < -0.3 is 25.0 Å². The van der Waals surface area contributed by atoms with E-state index in [1.165, 1.54) is 37.6 Å². The third-order valence-electron chi connectivity index (χ3n) is 8.73. The molecule has 12 nitrogen and oxygen atoms in total. The lowest BCUT2D eigenvalue weighted by Gasteiger charge is -2.31. The highest BCUT2D eigenvalue weighted by Crippen LogP contribution is 2.57. The van der Waals surface area contributed by atoms with Crippen molar-refractivity contribution in [1.82, 2.24) is 25.1 Å². The molecule has 1 aromatic heterocycles. The smallest absolute Gasteiger partial charge is 0.423 e. The van der Waals surface area contributed by atoms with Gasteiger partial charge in [-0.1, -0.05) is 12.1 Å². The Balaban J connectivity index is 1.20. The molecule has 16 heteroatoms. The van der Waals surface area contributed by atoms with Gasteiger partial charge in [0, 0.05) is 44.2 Å². The molecule has 6 rings (SSSR count). The Bertz CT molecular complexity index is 1840. The average molecular weight is 675 g/mol. The molecular formula is C31H33F3N6O6S. The summed E-state index contributed by atoms with van der Waals surface area (Å²) in [6.07, 6.45) is -0.368. The molecule has 1 aliphatic carbocycles. The molecule has 2 amide bonds. The van der Waals surface area contributed by atoms with E-state index in [-0.39, 0.29) is 58.0 Å². The van der Waals surface area contributed by atoms with E-state index in [1.807, 2.05) is 4.90 Å². The summed E-state index contributed by atoms with van der Waals surface area (Å²) in [5.74, 6) is -1.57. The van der Waals surface area contributed by atoms with Gasteiger partial charge in [-0.15, -0.1) is 0 Å². The van der Waals surface area contributed by atoms with Gasteiger partial charge in [-0.05, 0) is 55.5 Å². The summed E-state index contributed by atoms with van der Waals surface area (Å²) in [5.41, 5.74) is -0.185. The van der Waals surface area contributed by atoms with Crippen molar-refractivity contribution in [3.8, 4) is 17.4 Å². The van der Waals surface area contributed by atoms with Gasteiger partial charge in [-0.3, -0.25) is 14.5 Å². The number of hydrogen-bond donors (Lipinski definition) is 2. The number of sulfone groups is 1. The number of benzene rings is 2. The summed E-state index contributed by atoms with van der Waals surface area (Å²) < 4.78 is 76.3. The normalized spacial score (nSPS) is 17.8. The standard InChI is InChI=1S/C31H33F3N6O6S/c1-39-28(42)25-20(30(39)11-12-30)5-4-6-23(25)46-27-21(31(32,33)34)16-35-29(38-27)37-22-8-7-18(15-24(22)45-2)26(41)36-19-9-13-40(14-10-19)17-47(3,43)44/h4-8,15-16,19H,9-14,17H2,1-3H3,(H,36,41)(H,35,37,38). The molecule has 0 unspecified atom stereocenters. The highest BCUT2D eigenvalue weighted by atomic mass is 32.2. The second-order valence-corrected chi connectivity index (χ2v) is 14.2. The van der Waals surface area contributed by atoms with Gasteiger partial charge >= 0.3 is 6.18 Å². The number of alkyl halides is 3. The predicted octanol–water partition coefficient (Wildman–Crippen LogP) is 4.31. The fourth-order valence-corrected chi connectivity index (χ4v) is 7.08. The van der Waals surface area contributed by atoms with E-state index in [9.17, 15) is 31.2 Å². The van der Waals surface area contributed by atoms with Crippen LogP contribution in [0.5, 0.6) is 17.4 Å². The summed E-state index contributed by atoms with van der Waals surface area (Å²) in [6.45, 7) is 1.06. The molecule has 3 aromatic rings. The zero-order chi connectivity index (χ0) is 33.7. The molecule has 47 heavy (non-hydrogen) atoms. The minimum absolute atomic E-state index is 0.0261. The summed E-state index contributed by atoms with van der Waals surface area (Å²) >= 11 is 0. The average Bonchev–Trinajstić information content (AvgIpc) is 3.79. The van der Waals surface area contributed by atoms with Crippen LogP contribution in [0.4, 0.5) is 24.8 Å². The van der Waals surface area contributed by atoms with E-state index in [1.54, 1.807) is 24.1 Å². The third kappa shape index (κ3) is 6.56. The van der Waals surface area contributed by atoms with Gasteiger partial charge in [0.05, 0.1) is 23.9 Å². The van der Waals surface area contributed by atoms with E-state index in [0.717, 1.165) is 18.4 Å². The number of aromatic nitrogens is 2. The number of amides is 2. The van der Waals surface area contributed by atoms with Crippen LogP contribution in [0.1, 0.15) is 57.5 Å². The number of methoxy groups -OCH3 is 1. The Labute approximate surface area is 269 Å². The van der Waals surface area contributed by atoms with Crippen LogP contribution in [0.2, 0.25) is 0 Å². The van der Waals surface area contributed by atoms with Crippen LogP contribution >= 0.6 is 0 Å². The van der Waals surface area contributed by atoms with E-state index < -0.39 is 33.0 Å². The van der Waals surface area contributed by atoms with Crippen LogP contribution in [-0.4, -0.2) is 85.4 Å². The molecule has 3 heterocycles. The van der Waals surface area contributed by atoms with Crippen molar-refractivity contribution in [1.29, 1.82) is 0 Å². The van der Waals surface area contributed by atoms with Crippen LogP contribution in [0.25, 0.3) is 0 Å². The lowest BCUT2D eigenvalue weighted by Crippen LogP contribution is -2.45. The van der Waals surface area contributed by atoms with Crippen molar-refractivity contribution in [2.45, 2.75) is 43.4 Å². The number of ether oxygens (including phenoxy) is 2. The molecule has 1 spiro atoms. The Hall–Kier alpha value is -4.44. The first-order chi connectivity index (χ1) is 22.2. The van der Waals surface area contributed by atoms with Crippen molar-refractivity contribution in [3.05, 3.63) is 64.8 Å². The molecule has 0 radical (unpaired) electrons. The van der Waals surface area contributed by atoms with Crippen LogP contribution in [0, 0.1) is 0 Å². The van der Waals surface area contributed by atoms with Gasteiger partial charge in [-0.2, -0.15) is 18.2 Å². The second kappa shape index (κ2) is 12.0. The number of carbonyl (C=O) groups is 2. The molecule has 0 atom stereocenters. The molecule has 3 aliphatic rings. The highest BCUT2D eigenvalue weighted by molar-refractivity contribution is 7.90. The van der Waals surface area contributed by atoms with Gasteiger partial charge in [-0.25, -0.2) is 13.4 Å². The first-order valence-electron chi connectivity index (χ1n) is 14.9.